The van der Waals surface area contributed by atoms with Crippen molar-refractivity contribution in [2.75, 3.05) is 44.9 Å². The lowest BCUT2D eigenvalue weighted by Crippen LogP contribution is -2.40. The van der Waals surface area contributed by atoms with Crippen LogP contribution in [0.1, 0.15) is 37.7 Å². The van der Waals surface area contributed by atoms with Crippen molar-refractivity contribution in [2.45, 2.75) is 43.1 Å². The molecule has 2 fully saturated rings. The van der Waals surface area contributed by atoms with Crippen molar-refractivity contribution >= 4 is 31.6 Å². The summed E-state index contributed by atoms with van der Waals surface area (Å²) >= 11 is 3.34. The largest absolute Gasteiger partial charge is 0.381 e. The van der Waals surface area contributed by atoms with Gasteiger partial charge in [-0.05, 0) is 66.1 Å². The molecule has 7 nitrogen and oxygen atoms in total. The number of methoxy groups -OCH3 is 1. The summed E-state index contributed by atoms with van der Waals surface area (Å²) in [7, 11) is -2.04. The Morgan fingerprint density at radius 3 is 2.79 bits per heavy atom. The predicted octanol–water partition coefficient (Wildman–Crippen LogP) is 3.03. The number of rotatable bonds is 7. The van der Waals surface area contributed by atoms with Crippen LogP contribution in [0.5, 0.6) is 0 Å². The van der Waals surface area contributed by atoms with E-state index in [1.54, 1.807) is 19.2 Å². The summed E-state index contributed by atoms with van der Waals surface area (Å²) in [4.78, 5) is 2.21. The molecular weight excluding hydrogens is 458 g/mol. The van der Waals surface area contributed by atoms with Crippen LogP contribution in [0.25, 0.3) is 0 Å². The van der Waals surface area contributed by atoms with E-state index >= 15 is 0 Å². The number of hydrogen-bond donors (Lipinski definition) is 1. The number of nitrogens with zero attached hydrogens (tertiary/aromatic N) is 2. The molecule has 0 aromatic heterocycles. The van der Waals surface area contributed by atoms with Crippen LogP contribution in [0.4, 0.5) is 5.69 Å². The van der Waals surface area contributed by atoms with E-state index in [0.29, 0.717) is 34.7 Å². The number of ether oxygens (including phenoxy) is 2. The number of benzene rings is 1. The predicted molar refractivity (Wildman–Crippen MR) is 114 cm³/mol. The number of anilines is 1. The maximum Gasteiger partial charge on any atom is 0.242 e. The zero-order chi connectivity index (χ0) is 20.9. The summed E-state index contributed by atoms with van der Waals surface area (Å²) in [5.41, 5.74) is 0.978. The van der Waals surface area contributed by atoms with E-state index in [-0.39, 0.29) is 11.0 Å². The molecule has 2 saturated heterocycles. The van der Waals surface area contributed by atoms with Crippen molar-refractivity contribution in [1.82, 2.24) is 4.72 Å². The maximum atomic E-state index is 13.1. The summed E-state index contributed by atoms with van der Waals surface area (Å²) in [5, 5.41) is 9.42. The van der Waals surface area contributed by atoms with Crippen molar-refractivity contribution in [1.29, 1.82) is 5.26 Å². The average molecular weight is 486 g/mol. The Morgan fingerprint density at radius 1 is 1.34 bits per heavy atom. The van der Waals surface area contributed by atoms with Gasteiger partial charge in [0, 0.05) is 44.4 Å². The Morgan fingerprint density at radius 2 is 2.10 bits per heavy atom. The standard InChI is InChI=1S/C20H28BrN3O4S/c1-27-17-3-2-8-24(14-17)19-11-16(13-22)18(21)12-20(19)29(25,26)23-7-4-15-5-9-28-10-6-15/h11-12,15,17,23H,2-10,14H2,1H3/t17-/m0/s1. The van der Waals surface area contributed by atoms with Gasteiger partial charge in [-0.15, -0.1) is 0 Å². The van der Waals surface area contributed by atoms with E-state index in [0.717, 1.165) is 51.9 Å². The monoisotopic (exact) mass is 485 g/mol. The molecule has 0 spiro atoms. The van der Waals surface area contributed by atoms with Gasteiger partial charge in [0.1, 0.15) is 11.0 Å². The van der Waals surface area contributed by atoms with Gasteiger partial charge in [0.2, 0.25) is 10.0 Å². The highest BCUT2D eigenvalue weighted by atomic mass is 79.9. The fourth-order valence-electron chi connectivity index (χ4n) is 3.95. The van der Waals surface area contributed by atoms with Gasteiger partial charge in [0.15, 0.2) is 0 Å². The molecule has 1 atom stereocenters. The molecule has 29 heavy (non-hydrogen) atoms. The summed E-state index contributed by atoms with van der Waals surface area (Å²) in [6.07, 6.45) is 4.65. The van der Waals surface area contributed by atoms with Crippen LogP contribution in [-0.4, -0.2) is 54.5 Å². The topological polar surface area (TPSA) is 91.7 Å². The van der Waals surface area contributed by atoms with Gasteiger partial charge in [-0.1, -0.05) is 0 Å². The van der Waals surface area contributed by atoms with Crippen LogP contribution in [0.3, 0.4) is 0 Å². The summed E-state index contributed by atoms with van der Waals surface area (Å²) < 4.78 is 40.4. The van der Waals surface area contributed by atoms with Gasteiger partial charge in [-0.25, -0.2) is 13.1 Å². The molecule has 0 aliphatic carbocycles. The second kappa shape index (κ2) is 10.2. The Bertz CT molecular complexity index is 850. The van der Waals surface area contributed by atoms with Crippen molar-refractivity contribution in [3.63, 3.8) is 0 Å². The highest BCUT2D eigenvalue weighted by Gasteiger charge is 2.28. The third kappa shape index (κ3) is 5.70. The Hall–Kier alpha value is -1.18. The van der Waals surface area contributed by atoms with Crippen LogP contribution in [0, 0.1) is 17.2 Å². The van der Waals surface area contributed by atoms with Gasteiger partial charge in [-0.3, -0.25) is 0 Å². The molecule has 0 radical (unpaired) electrons. The lowest BCUT2D eigenvalue weighted by molar-refractivity contribution is 0.0644. The maximum absolute atomic E-state index is 13.1. The van der Waals surface area contributed by atoms with Crippen LogP contribution < -0.4 is 9.62 Å². The van der Waals surface area contributed by atoms with Crippen molar-refractivity contribution in [2.24, 2.45) is 5.92 Å². The molecule has 2 heterocycles. The normalized spacial score (nSPS) is 21.1. The lowest BCUT2D eigenvalue weighted by Gasteiger charge is -2.35. The number of halogens is 1. The highest BCUT2D eigenvalue weighted by Crippen LogP contribution is 2.33. The van der Waals surface area contributed by atoms with Crippen molar-refractivity contribution < 1.29 is 17.9 Å². The molecule has 0 amide bonds. The molecule has 1 N–H and O–H groups in total. The van der Waals surface area contributed by atoms with E-state index in [1.807, 2.05) is 4.90 Å². The van der Waals surface area contributed by atoms with Gasteiger partial charge >= 0.3 is 0 Å². The Balaban J connectivity index is 1.82. The minimum absolute atomic E-state index is 0.0509. The van der Waals surface area contributed by atoms with Crippen LogP contribution in [0.2, 0.25) is 0 Å². The zero-order valence-electron chi connectivity index (χ0n) is 16.7. The highest BCUT2D eigenvalue weighted by molar-refractivity contribution is 9.10. The summed E-state index contributed by atoms with van der Waals surface area (Å²) in [5.74, 6) is 0.489. The fraction of sp³-hybridized carbons (Fsp3) is 0.650. The molecule has 2 aliphatic rings. The Kier molecular flexibility index (Phi) is 7.93. The number of sulfonamides is 1. The first-order valence-corrected chi connectivity index (χ1v) is 12.3. The quantitative estimate of drug-likeness (QED) is 0.637. The number of nitriles is 1. The van der Waals surface area contributed by atoms with Crippen LogP contribution >= 0.6 is 15.9 Å². The van der Waals surface area contributed by atoms with Crippen LogP contribution in [-0.2, 0) is 19.5 Å². The molecule has 0 saturated carbocycles. The lowest BCUT2D eigenvalue weighted by atomic mass is 9.97. The first-order valence-electron chi connectivity index (χ1n) is 10.0. The number of nitrogens with one attached hydrogen (secondary N) is 1. The SMILES string of the molecule is CO[C@H]1CCCN(c2cc(C#N)c(Br)cc2S(=O)(=O)NCCC2CCOCC2)C1. The second-order valence-electron chi connectivity index (χ2n) is 7.60. The van der Waals surface area contributed by atoms with Crippen LogP contribution in [0.15, 0.2) is 21.5 Å². The molecule has 1 aromatic rings. The molecule has 2 aliphatic heterocycles. The minimum atomic E-state index is -3.72. The van der Waals surface area contributed by atoms with Gasteiger partial charge in [0.05, 0.1) is 17.4 Å². The molecule has 0 unspecified atom stereocenters. The molecule has 9 heteroatoms. The van der Waals surface area contributed by atoms with Gasteiger partial charge in [0.25, 0.3) is 0 Å². The Labute approximate surface area is 181 Å². The number of hydrogen-bond acceptors (Lipinski definition) is 6. The smallest absolute Gasteiger partial charge is 0.242 e. The summed E-state index contributed by atoms with van der Waals surface area (Å²) in [6, 6.07) is 5.34. The number of piperidine rings is 1. The molecule has 160 valence electrons. The zero-order valence-corrected chi connectivity index (χ0v) is 19.1. The minimum Gasteiger partial charge on any atom is -0.381 e. The molecule has 3 rings (SSSR count). The molecule has 0 bridgehead atoms. The van der Waals surface area contributed by atoms with Gasteiger partial charge in [-0.2, -0.15) is 5.26 Å². The second-order valence-corrected chi connectivity index (χ2v) is 10.2. The van der Waals surface area contributed by atoms with E-state index in [1.165, 1.54) is 0 Å². The summed E-state index contributed by atoms with van der Waals surface area (Å²) in [6.45, 7) is 3.23. The third-order valence-corrected chi connectivity index (χ3v) is 7.84. The van der Waals surface area contributed by atoms with E-state index < -0.39 is 10.0 Å². The van der Waals surface area contributed by atoms with Crippen molar-refractivity contribution in [3.05, 3.63) is 22.2 Å². The molecular formula is C20H28BrN3O4S. The van der Waals surface area contributed by atoms with Crippen molar-refractivity contribution in [3.8, 4) is 6.07 Å². The fourth-order valence-corrected chi connectivity index (χ4v) is 5.81. The first-order chi connectivity index (χ1) is 13.9. The van der Waals surface area contributed by atoms with E-state index in [4.69, 9.17) is 9.47 Å². The third-order valence-electron chi connectivity index (χ3n) is 5.70. The molecule has 1 aromatic carbocycles. The van der Waals surface area contributed by atoms with E-state index in [2.05, 4.69) is 26.7 Å². The van der Waals surface area contributed by atoms with Gasteiger partial charge < -0.3 is 14.4 Å². The average Bonchev–Trinajstić information content (AvgIpc) is 2.74. The van der Waals surface area contributed by atoms with E-state index in [9.17, 15) is 13.7 Å². The first kappa shape index (κ1) is 22.5.